The summed E-state index contributed by atoms with van der Waals surface area (Å²) in [5.74, 6) is 4.01. The van der Waals surface area contributed by atoms with Gasteiger partial charge in [-0.2, -0.15) is 0 Å². The van der Waals surface area contributed by atoms with Crippen LogP contribution in [-0.4, -0.2) is 12.6 Å². The van der Waals surface area contributed by atoms with Gasteiger partial charge >= 0.3 is 0 Å². The molecule has 3 atom stereocenters. The van der Waals surface area contributed by atoms with Crippen molar-refractivity contribution in [3.05, 3.63) is 0 Å². The van der Waals surface area contributed by atoms with Gasteiger partial charge in [-0.1, -0.05) is 52.9 Å². The van der Waals surface area contributed by atoms with E-state index in [-0.39, 0.29) is 0 Å². The lowest BCUT2D eigenvalue weighted by atomic mass is 9.60. The van der Waals surface area contributed by atoms with Crippen LogP contribution in [0.3, 0.4) is 0 Å². The molecular weight excluding hydrogens is 254 g/mol. The monoisotopic (exact) mass is 291 g/mol. The van der Waals surface area contributed by atoms with Gasteiger partial charge in [-0.15, -0.1) is 0 Å². The Morgan fingerprint density at radius 3 is 2.19 bits per heavy atom. The molecule has 3 rings (SSSR count). The molecule has 3 fully saturated rings. The van der Waals surface area contributed by atoms with Crippen LogP contribution in [0, 0.1) is 29.1 Å². The van der Waals surface area contributed by atoms with E-state index in [2.05, 4.69) is 26.1 Å². The molecule has 0 aromatic carbocycles. The van der Waals surface area contributed by atoms with Crippen molar-refractivity contribution in [2.75, 3.05) is 6.54 Å². The molecule has 0 saturated heterocycles. The van der Waals surface area contributed by atoms with E-state index >= 15 is 0 Å². The predicted octanol–water partition coefficient (Wildman–Crippen LogP) is 5.40. The normalized spacial score (nSPS) is 35.9. The molecule has 0 bridgehead atoms. The Labute approximate surface area is 132 Å². The first-order valence-corrected chi connectivity index (χ1v) is 9.77. The summed E-state index contributed by atoms with van der Waals surface area (Å²) < 4.78 is 0. The summed E-state index contributed by atoms with van der Waals surface area (Å²) in [5.41, 5.74) is 0.516. The average molecular weight is 292 g/mol. The predicted molar refractivity (Wildman–Crippen MR) is 91.4 cm³/mol. The van der Waals surface area contributed by atoms with Gasteiger partial charge in [-0.05, 0) is 67.7 Å². The fraction of sp³-hybridized carbons (Fsp3) is 1.00. The number of nitrogens with one attached hydrogen (secondary N) is 1. The summed E-state index contributed by atoms with van der Waals surface area (Å²) in [5, 5.41) is 3.85. The maximum atomic E-state index is 3.85. The summed E-state index contributed by atoms with van der Waals surface area (Å²) in [7, 11) is 0. The fourth-order valence-corrected chi connectivity index (χ4v) is 5.05. The Morgan fingerprint density at radius 1 is 0.857 bits per heavy atom. The standard InChI is InChI=1S/C20H37N/c1-20(2,3)17-10-9-16(14-21-18-11-12-18)19(13-17)15-7-5-4-6-8-15/h15-19,21H,4-14H2,1-3H3. The molecule has 0 spiro atoms. The Hall–Kier alpha value is -0.0400. The largest absolute Gasteiger partial charge is 0.314 e. The van der Waals surface area contributed by atoms with Crippen molar-refractivity contribution in [2.45, 2.75) is 91.0 Å². The maximum Gasteiger partial charge on any atom is 0.00683 e. The van der Waals surface area contributed by atoms with E-state index in [1.807, 2.05) is 0 Å². The minimum absolute atomic E-state index is 0.516. The second-order valence-electron chi connectivity index (χ2n) is 9.38. The first-order valence-electron chi connectivity index (χ1n) is 9.77. The zero-order valence-electron chi connectivity index (χ0n) is 14.7. The van der Waals surface area contributed by atoms with Crippen LogP contribution in [0.2, 0.25) is 0 Å². The van der Waals surface area contributed by atoms with Gasteiger partial charge in [0.2, 0.25) is 0 Å². The summed E-state index contributed by atoms with van der Waals surface area (Å²) in [6, 6.07) is 0.886. The molecule has 21 heavy (non-hydrogen) atoms. The lowest BCUT2D eigenvalue weighted by Crippen LogP contribution is -2.40. The highest BCUT2D eigenvalue weighted by molar-refractivity contribution is 4.91. The second kappa shape index (κ2) is 6.60. The van der Waals surface area contributed by atoms with Crippen LogP contribution in [0.1, 0.15) is 85.0 Å². The number of rotatable bonds is 4. The van der Waals surface area contributed by atoms with Crippen molar-refractivity contribution in [3.63, 3.8) is 0 Å². The molecule has 3 unspecified atom stereocenters. The summed E-state index contributed by atoms with van der Waals surface area (Å²) in [6.45, 7) is 8.73. The van der Waals surface area contributed by atoms with E-state index in [9.17, 15) is 0 Å². The first-order chi connectivity index (χ1) is 10.0. The number of hydrogen-bond acceptors (Lipinski definition) is 1. The molecule has 3 aliphatic rings. The van der Waals surface area contributed by atoms with Gasteiger partial charge in [-0.3, -0.25) is 0 Å². The van der Waals surface area contributed by atoms with Crippen LogP contribution in [0.4, 0.5) is 0 Å². The molecule has 3 aliphatic carbocycles. The minimum atomic E-state index is 0.516. The lowest BCUT2D eigenvalue weighted by Gasteiger charge is -2.46. The molecule has 0 aromatic rings. The van der Waals surface area contributed by atoms with Crippen molar-refractivity contribution in [1.82, 2.24) is 5.32 Å². The Kier molecular flexibility index (Phi) is 4.98. The Balaban J connectivity index is 1.63. The first kappa shape index (κ1) is 15.8. The number of hydrogen-bond donors (Lipinski definition) is 1. The van der Waals surface area contributed by atoms with Crippen LogP contribution in [-0.2, 0) is 0 Å². The Morgan fingerprint density at radius 2 is 1.57 bits per heavy atom. The lowest BCUT2D eigenvalue weighted by molar-refractivity contribution is 0.0506. The smallest absolute Gasteiger partial charge is 0.00683 e. The summed E-state index contributed by atoms with van der Waals surface area (Å²) in [6.07, 6.45) is 14.9. The van der Waals surface area contributed by atoms with Gasteiger partial charge in [0.05, 0.1) is 0 Å². The quantitative estimate of drug-likeness (QED) is 0.731. The van der Waals surface area contributed by atoms with E-state index in [4.69, 9.17) is 0 Å². The van der Waals surface area contributed by atoms with Crippen molar-refractivity contribution in [2.24, 2.45) is 29.1 Å². The van der Waals surface area contributed by atoms with Gasteiger partial charge in [-0.25, -0.2) is 0 Å². The molecule has 122 valence electrons. The molecule has 0 aliphatic heterocycles. The van der Waals surface area contributed by atoms with Crippen LogP contribution < -0.4 is 5.32 Å². The highest BCUT2D eigenvalue weighted by Crippen LogP contribution is 2.48. The zero-order valence-corrected chi connectivity index (χ0v) is 14.7. The van der Waals surface area contributed by atoms with Crippen molar-refractivity contribution in [1.29, 1.82) is 0 Å². The molecule has 0 radical (unpaired) electrons. The third-order valence-corrected chi connectivity index (χ3v) is 6.77. The molecule has 0 heterocycles. The topological polar surface area (TPSA) is 12.0 Å². The van der Waals surface area contributed by atoms with Crippen molar-refractivity contribution < 1.29 is 0 Å². The van der Waals surface area contributed by atoms with Crippen LogP contribution in [0.25, 0.3) is 0 Å². The highest BCUT2D eigenvalue weighted by Gasteiger charge is 2.39. The van der Waals surface area contributed by atoms with Crippen LogP contribution in [0.5, 0.6) is 0 Å². The van der Waals surface area contributed by atoms with E-state index in [1.54, 1.807) is 0 Å². The minimum Gasteiger partial charge on any atom is -0.314 e. The SMILES string of the molecule is CC(C)(C)C1CCC(CNC2CC2)C(C2CCCCC2)C1. The van der Waals surface area contributed by atoms with E-state index in [0.29, 0.717) is 5.41 Å². The second-order valence-corrected chi connectivity index (χ2v) is 9.38. The summed E-state index contributed by atoms with van der Waals surface area (Å²) >= 11 is 0. The highest BCUT2D eigenvalue weighted by atomic mass is 14.9. The maximum absolute atomic E-state index is 3.85. The molecule has 1 N–H and O–H groups in total. The van der Waals surface area contributed by atoms with Gasteiger partial charge in [0.25, 0.3) is 0 Å². The molecule has 0 amide bonds. The van der Waals surface area contributed by atoms with E-state index in [0.717, 1.165) is 29.7 Å². The third kappa shape index (κ3) is 4.24. The molecule has 0 aromatic heterocycles. The van der Waals surface area contributed by atoms with Gasteiger partial charge < -0.3 is 5.32 Å². The molecule has 3 saturated carbocycles. The fourth-order valence-electron chi connectivity index (χ4n) is 5.05. The Bertz CT molecular complexity index is 319. The molecule has 1 heteroatoms. The third-order valence-electron chi connectivity index (χ3n) is 6.77. The molecular formula is C20H37N. The van der Waals surface area contributed by atoms with Gasteiger partial charge in [0.1, 0.15) is 0 Å². The van der Waals surface area contributed by atoms with Gasteiger partial charge in [0, 0.05) is 6.04 Å². The van der Waals surface area contributed by atoms with E-state index < -0.39 is 0 Å². The van der Waals surface area contributed by atoms with E-state index in [1.165, 1.54) is 70.8 Å². The van der Waals surface area contributed by atoms with Crippen LogP contribution in [0.15, 0.2) is 0 Å². The van der Waals surface area contributed by atoms with Crippen LogP contribution >= 0.6 is 0 Å². The average Bonchev–Trinajstić information content (AvgIpc) is 3.29. The zero-order chi connectivity index (χ0) is 14.9. The molecule has 1 nitrogen and oxygen atoms in total. The summed E-state index contributed by atoms with van der Waals surface area (Å²) in [4.78, 5) is 0. The van der Waals surface area contributed by atoms with Crippen molar-refractivity contribution >= 4 is 0 Å². The van der Waals surface area contributed by atoms with Gasteiger partial charge in [0.15, 0.2) is 0 Å². The van der Waals surface area contributed by atoms with Crippen molar-refractivity contribution in [3.8, 4) is 0 Å².